The Hall–Kier alpha value is -2.37. The number of hydrogen-bond acceptors (Lipinski definition) is 5. The Morgan fingerprint density at radius 1 is 1.20 bits per heavy atom. The molecule has 3 rings (SSSR count). The number of hydrogen-bond donors (Lipinski definition) is 1. The minimum atomic E-state index is -0.325. The zero-order chi connectivity index (χ0) is 17.6. The van der Waals surface area contributed by atoms with Crippen molar-refractivity contribution in [3.8, 4) is 11.4 Å². The molecule has 1 aromatic carbocycles. The van der Waals surface area contributed by atoms with E-state index < -0.39 is 0 Å². The van der Waals surface area contributed by atoms with Gasteiger partial charge in [0.25, 0.3) is 0 Å². The van der Waals surface area contributed by atoms with Crippen molar-refractivity contribution in [3.63, 3.8) is 0 Å². The molecule has 1 saturated heterocycles. The number of amides is 1. The monoisotopic (exact) mass is 342 g/mol. The quantitative estimate of drug-likeness (QED) is 0.898. The molecule has 2 heterocycles. The molecule has 1 aliphatic heterocycles. The van der Waals surface area contributed by atoms with Crippen LogP contribution in [0.2, 0.25) is 0 Å². The molecule has 2 aromatic rings. The number of anilines is 1. The highest BCUT2D eigenvalue weighted by molar-refractivity contribution is 5.90. The first-order chi connectivity index (χ1) is 12.2. The molecule has 0 radical (unpaired) electrons. The third-order valence-corrected chi connectivity index (χ3v) is 4.71. The summed E-state index contributed by atoms with van der Waals surface area (Å²) in [6.45, 7) is 6.18. The summed E-state index contributed by atoms with van der Waals surface area (Å²) in [5.41, 5.74) is 2.08. The van der Waals surface area contributed by atoms with Gasteiger partial charge in [0.2, 0.25) is 5.82 Å². The summed E-state index contributed by atoms with van der Waals surface area (Å²) in [6.07, 6.45) is 5.99. The van der Waals surface area contributed by atoms with E-state index in [0.717, 1.165) is 25.1 Å². The van der Waals surface area contributed by atoms with Crippen molar-refractivity contribution in [2.24, 2.45) is 0 Å². The lowest BCUT2D eigenvalue weighted by Crippen LogP contribution is -2.32. The Morgan fingerprint density at radius 3 is 2.52 bits per heavy atom. The Morgan fingerprint density at radius 2 is 1.88 bits per heavy atom. The summed E-state index contributed by atoms with van der Waals surface area (Å²) in [7, 11) is 0. The first kappa shape index (κ1) is 17.5. The molecule has 1 fully saturated rings. The molecule has 25 heavy (non-hydrogen) atoms. The van der Waals surface area contributed by atoms with E-state index in [1.165, 1.54) is 31.4 Å². The molecule has 0 spiro atoms. The molecular weight excluding hydrogens is 316 g/mol. The fourth-order valence-corrected chi connectivity index (χ4v) is 2.97. The summed E-state index contributed by atoms with van der Waals surface area (Å²) in [5.74, 6) is 0.123. The van der Waals surface area contributed by atoms with Gasteiger partial charge in [0.15, 0.2) is 0 Å². The highest BCUT2D eigenvalue weighted by Crippen LogP contribution is 2.23. The standard InChI is InChI=1S/C19H26N4O2/c1-3-14(2)20-18(24)19-21-17(22-25-19)15-8-10-16(11-9-15)23-12-6-4-5-7-13-23/h8-11,14H,3-7,12-13H2,1-2H3,(H,20,24). The molecule has 1 unspecified atom stereocenters. The van der Waals surface area contributed by atoms with Crippen molar-refractivity contribution in [2.45, 2.75) is 52.0 Å². The molecule has 1 amide bonds. The average Bonchev–Trinajstić information content (AvgIpc) is 2.98. The van der Waals surface area contributed by atoms with Gasteiger partial charge in [-0.1, -0.05) is 24.9 Å². The van der Waals surface area contributed by atoms with Crippen LogP contribution in [0, 0.1) is 0 Å². The van der Waals surface area contributed by atoms with Crippen LogP contribution in [0.1, 0.15) is 56.6 Å². The van der Waals surface area contributed by atoms with E-state index in [1.54, 1.807) is 0 Å². The Bertz CT molecular complexity index is 688. The van der Waals surface area contributed by atoms with Gasteiger partial charge in [-0.3, -0.25) is 4.79 Å². The van der Waals surface area contributed by atoms with Crippen LogP contribution in [0.5, 0.6) is 0 Å². The molecule has 0 bridgehead atoms. The molecule has 1 N–H and O–H groups in total. The minimum absolute atomic E-state index is 0.00638. The van der Waals surface area contributed by atoms with Gasteiger partial charge in [-0.05, 0) is 50.5 Å². The van der Waals surface area contributed by atoms with Crippen LogP contribution >= 0.6 is 0 Å². The number of carbonyl (C=O) groups excluding carboxylic acids is 1. The number of nitrogens with one attached hydrogen (secondary N) is 1. The predicted molar refractivity (Wildman–Crippen MR) is 97.6 cm³/mol. The van der Waals surface area contributed by atoms with Gasteiger partial charge in [-0.25, -0.2) is 0 Å². The lowest BCUT2D eigenvalue weighted by molar-refractivity contribution is 0.0895. The van der Waals surface area contributed by atoms with Crippen molar-refractivity contribution in [3.05, 3.63) is 30.2 Å². The first-order valence-corrected chi connectivity index (χ1v) is 9.17. The van der Waals surface area contributed by atoms with E-state index in [9.17, 15) is 4.79 Å². The van der Waals surface area contributed by atoms with Gasteiger partial charge in [0.1, 0.15) is 0 Å². The average molecular weight is 342 g/mol. The van der Waals surface area contributed by atoms with Crippen molar-refractivity contribution in [1.29, 1.82) is 0 Å². The van der Waals surface area contributed by atoms with Crippen molar-refractivity contribution < 1.29 is 9.32 Å². The molecule has 1 atom stereocenters. The summed E-state index contributed by atoms with van der Waals surface area (Å²) in [6, 6.07) is 8.24. The molecule has 6 nitrogen and oxygen atoms in total. The fourth-order valence-electron chi connectivity index (χ4n) is 2.97. The largest absolute Gasteiger partial charge is 0.372 e. The second-order valence-electron chi connectivity index (χ2n) is 6.65. The van der Waals surface area contributed by atoms with Crippen LogP contribution < -0.4 is 10.2 Å². The number of nitrogens with zero attached hydrogens (tertiary/aromatic N) is 3. The molecular formula is C19H26N4O2. The molecule has 134 valence electrons. The minimum Gasteiger partial charge on any atom is -0.372 e. The van der Waals surface area contributed by atoms with E-state index in [0.29, 0.717) is 5.82 Å². The predicted octanol–water partition coefficient (Wildman–Crippen LogP) is 3.65. The van der Waals surface area contributed by atoms with Gasteiger partial charge in [0.05, 0.1) is 0 Å². The Kier molecular flexibility index (Phi) is 5.68. The summed E-state index contributed by atoms with van der Waals surface area (Å²) >= 11 is 0. The maximum Gasteiger partial charge on any atom is 0.316 e. The summed E-state index contributed by atoms with van der Waals surface area (Å²) in [4.78, 5) is 18.7. The molecule has 1 aromatic heterocycles. The van der Waals surface area contributed by atoms with E-state index in [4.69, 9.17) is 4.52 Å². The highest BCUT2D eigenvalue weighted by Gasteiger charge is 2.18. The molecule has 0 aliphatic carbocycles. The van der Waals surface area contributed by atoms with E-state index in [-0.39, 0.29) is 17.8 Å². The second kappa shape index (κ2) is 8.14. The third-order valence-electron chi connectivity index (χ3n) is 4.71. The van der Waals surface area contributed by atoms with Crippen LogP contribution in [-0.4, -0.2) is 35.2 Å². The van der Waals surface area contributed by atoms with Crippen LogP contribution in [0.4, 0.5) is 5.69 Å². The van der Waals surface area contributed by atoms with Gasteiger partial charge < -0.3 is 14.7 Å². The zero-order valence-electron chi connectivity index (χ0n) is 15.0. The summed E-state index contributed by atoms with van der Waals surface area (Å²) < 4.78 is 5.11. The highest BCUT2D eigenvalue weighted by atomic mass is 16.5. The lowest BCUT2D eigenvalue weighted by atomic mass is 10.2. The Labute approximate surface area is 148 Å². The van der Waals surface area contributed by atoms with Crippen molar-refractivity contribution in [1.82, 2.24) is 15.5 Å². The zero-order valence-corrected chi connectivity index (χ0v) is 15.0. The van der Waals surface area contributed by atoms with E-state index >= 15 is 0 Å². The van der Waals surface area contributed by atoms with Crippen molar-refractivity contribution in [2.75, 3.05) is 18.0 Å². The molecule has 0 saturated carbocycles. The van der Waals surface area contributed by atoms with E-state index in [1.807, 2.05) is 26.0 Å². The third kappa shape index (κ3) is 4.38. The topological polar surface area (TPSA) is 71.3 Å². The van der Waals surface area contributed by atoms with E-state index in [2.05, 4.69) is 32.5 Å². The van der Waals surface area contributed by atoms with Crippen molar-refractivity contribution >= 4 is 11.6 Å². The smallest absolute Gasteiger partial charge is 0.316 e. The maximum atomic E-state index is 12.0. The number of benzene rings is 1. The normalized spacial score (nSPS) is 16.3. The lowest BCUT2D eigenvalue weighted by Gasteiger charge is -2.22. The second-order valence-corrected chi connectivity index (χ2v) is 6.65. The van der Waals surface area contributed by atoms with Crippen LogP contribution in [0.15, 0.2) is 28.8 Å². The van der Waals surface area contributed by atoms with Gasteiger partial charge in [-0.15, -0.1) is 0 Å². The van der Waals surface area contributed by atoms with Gasteiger partial charge >= 0.3 is 11.8 Å². The van der Waals surface area contributed by atoms with Gasteiger partial charge in [0, 0.05) is 30.4 Å². The molecule has 1 aliphatic rings. The van der Waals surface area contributed by atoms with Crippen LogP contribution in [0.3, 0.4) is 0 Å². The summed E-state index contributed by atoms with van der Waals surface area (Å²) in [5, 5.41) is 6.76. The fraction of sp³-hybridized carbons (Fsp3) is 0.526. The first-order valence-electron chi connectivity index (χ1n) is 9.17. The molecule has 6 heteroatoms. The number of rotatable bonds is 5. The van der Waals surface area contributed by atoms with Crippen LogP contribution in [0.25, 0.3) is 11.4 Å². The Balaban J connectivity index is 1.69. The van der Waals surface area contributed by atoms with Crippen LogP contribution in [-0.2, 0) is 0 Å². The maximum absolute atomic E-state index is 12.0. The van der Waals surface area contributed by atoms with Gasteiger partial charge in [-0.2, -0.15) is 4.98 Å². The SMILES string of the molecule is CCC(C)NC(=O)c1nc(-c2ccc(N3CCCCCC3)cc2)no1. The number of carbonyl (C=O) groups is 1. The number of aromatic nitrogens is 2.